The van der Waals surface area contributed by atoms with E-state index >= 15 is 0 Å². The molecule has 1 atom stereocenters. The van der Waals surface area contributed by atoms with E-state index in [1.165, 1.54) is 0 Å². The Balaban J connectivity index is 2.86. The fraction of sp³-hybridized carbons (Fsp3) is 0.500. The topological polar surface area (TPSA) is 73.6 Å². The van der Waals surface area contributed by atoms with Gasteiger partial charge in [-0.1, -0.05) is 20.8 Å². The van der Waals surface area contributed by atoms with Crippen LogP contribution in [0.25, 0.3) is 0 Å². The van der Waals surface area contributed by atoms with Crippen molar-refractivity contribution in [2.24, 2.45) is 11.1 Å². The van der Waals surface area contributed by atoms with Crippen LogP contribution < -0.4 is 20.5 Å². The third kappa shape index (κ3) is 3.86. The molecule has 0 aliphatic carbocycles. The van der Waals surface area contributed by atoms with Gasteiger partial charge in [0, 0.05) is 11.8 Å². The van der Waals surface area contributed by atoms with Gasteiger partial charge in [-0.15, -0.1) is 0 Å². The molecule has 0 saturated heterocycles. The molecule has 19 heavy (non-hydrogen) atoms. The Labute approximate surface area is 114 Å². The number of nitrogens with two attached hydrogens (primary N) is 1. The molecule has 5 heteroatoms. The van der Waals surface area contributed by atoms with Gasteiger partial charge in [0.2, 0.25) is 5.91 Å². The van der Waals surface area contributed by atoms with E-state index in [0.717, 1.165) is 0 Å². The Bertz CT molecular complexity index is 452. The van der Waals surface area contributed by atoms with E-state index in [4.69, 9.17) is 15.2 Å². The van der Waals surface area contributed by atoms with Gasteiger partial charge in [-0.3, -0.25) is 4.79 Å². The minimum atomic E-state index is -0.583. The fourth-order valence-corrected chi connectivity index (χ4v) is 1.53. The van der Waals surface area contributed by atoms with E-state index < -0.39 is 6.04 Å². The zero-order valence-electron chi connectivity index (χ0n) is 12.1. The Hall–Kier alpha value is -1.75. The van der Waals surface area contributed by atoms with Crippen molar-refractivity contribution >= 4 is 11.6 Å². The van der Waals surface area contributed by atoms with Crippen LogP contribution in [-0.2, 0) is 4.79 Å². The van der Waals surface area contributed by atoms with Crippen LogP contribution in [0.5, 0.6) is 11.5 Å². The van der Waals surface area contributed by atoms with E-state index in [0.29, 0.717) is 17.2 Å². The van der Waals surface area contributed by atoms with Gasteiger partial charge in [-0.2, -0.15) is 0 Å². The van der Waals surface area contributed by atoms with Crippen LogP contribution in [-0.4, -0.2) is 26.2 Å². The zero-order chi connectivity index (χ0) is 14.6. The van der Waals surface area contributed by atoms with E-state index in [2.05, 4.69) is 5.32 Å². The summed E-state index contributed by atoms with van der Waals surface area (Å²) in [7, 11) is 3.11. The smallest absolute Gasteiger partial charge is 0.241 e. The SMILES string of the molecule is COc1ccc(NC(=O)[C@H](N)C(C)(C)C)cc1OC. The number of nitrogens with one attached hydrogen (secondary N) is 1. The van der Waals surface area contributed by atoms with Crippen molar-refractivity contribution < 1.29 is 14.3 Å². The van der Waals surface area contributed by atoms with Gasteiger partial charge in [0.15, 0.2) is 11.5 Å². The standard InChI is InChI=1S/C14H22N2O3/c1-14(2,3)12(15)13(17)16-9-6-7-10(18-4)11(8-9)19-5/h6-8,12H,15H2,1-5H3,(H,16,17)/t12-/m0/s1. The van der Waals surface area contributed by atoms with Crippen molar-refractivity contribution in [1.29, 1.82) is 0 Å². The maximum atomic E-state index is 12.0. The second-order valence-corrected chi connectivity index (χ2v) is 5.40. The van der Waals surface area contributed by atoms with Crippen molar-refractivity contribution in [3.05, 3.63) is 18.2 Å². The van der Waals surface area contributed by atoms with Crippen molar-refractivity contribution in [3.8, 4) is 11.5 Å². The van der Waals surface area contributed by atoms with Crippen LogP contribution in [0.15, 0.2) is 18.2 Å². The molecule has 0 aromatic heterocycles. The van der Waals surface area contributed by atoms with Crippen molar-refractivity contribution in [1.82, 2.24) is 0 Å². The maximum Gasteiger partial charge on any atom is 0.241 e. The highest BCUT2D eigenvalue weighted by Crippen LogP contribution is 2.30. The first kappa shape index (κ1) is 15.3. The maximum absolute atomic E-state index is 12.0. The van der Waals surface area contributed by atoms with E-state index in [-0.39, 0.29) is 11.3 Å². The molecule has 0 radical (unpaired) electrons. The molecule has 1 aromatic rings. The van der Waals surface area contributed by atoms with Crippen LogP contribution in [0, 0.1) is 5.41 Å². The highest BCUT2D eigenvalue weighted by atomic mass is 16.5. The first-order chi connectivity index (χ1) is 8.79. The minimum absolute atomic E-state index is 0.222. The number of hydrogen-bond acceptors (Lipinski definition) is 4. The molecule has 3 N–H and O–H groups in total. The number of benzene rings is 1. The third-order valence-corrected chi connectivity index (χ3v) is 2.87. The van der Waals surface area contributed by atoms with Crippen LogP contribution in [0.4, 0.5) is 5.69 Å². The van der Waals surface area contributed by atoms with Gasteiger partial charge in [-0.05, 0) is 17.5 Å². The van der Waals surface area contributed by atoms with E-state index in [1.54, 1.807) is 32.4 Å². The third-order valence-electron chi connectivity index (χ3n) is 2.87. The summed E-state index contributed by atoms with van der Waals surface area (Å²) >= 11 is 0. The van der Waals surface area contributed by atoms with Gasteiger partial charge in [0.1, 0.15) is 0 Å². The number of ether oxygens (including phenoxy) is 2. The normalized spacial score (nSPS) is 12.7. The quantitative estimate of drug-likeness (QED) is 0.874. The highest BCUT2D eigenvalue weighted by Gasteiger charge is 2.27. The predicted octanol–water partition coefficient (Wildman–Crippen LogP) is 2.02. The molecule has 0 fully saturated rings. The van der Waals surface area contributed by atoms with E-state index in [9.17, 15) is 4.79 Å². The van der Waals surface area contributed by atoms with Crippen LogP contribution in [0.1, 0.15) is 20.8 Å². The summed E-state index contributed by atoms with van der Waals surface area (Å²) in [4.78, 5) is 12.0. The lowest BCUT2D eigenvalue weighted by Gasteiger charge is -2.25. The molecule has 1 aromatic carbocycles. The summed E-state index contributed by atoms with van der Waals surface area (Å²) in [6, 6.07) is 4.60. The molecule has 0 aliphatic rings. The lowest BCUT2D eigenvalue weighted by molar-refractivity contribution is -0.119. The monoisotopic (exact) mass is 266 g/mol. The first-order valence-electron chi connectivity index (χ1n) is 6.08. The molecule has 1 amide bonds. The molecule has 0 bridgehead atoms. The molecule has 0 spiro atoms. The zero-order valence-corrected chi connectivity index (χ0v) is 12.1. The summed E-state index contributed by atoms with van der Waals surface area (Å²) in [5.74, 6) is 0.949. The number of amides is 1. The van der Waals surface area contributed by atoms with Crippen molar-refractivity contribution in [2.75, 3.05) is 19.5 Å². The van der Waals surface area contributed by atoms with Crippen LogP contribution >= 0.6 is 0 Å². The van der Waals surface area contributed by atoms with Gasteiger partial charge in [0.25, 0.3) is 0 Å². The number of hydrogen-bond donors (Lipinski definition) is 2. The Kier molecular flexibility index (Phi) is 4.78. The van der Waals surface area contributed by atoms with E-state index in [1.807, 2.05) is 20.8 Å². The Morgan fingerprint density at radius 3 is 2.26 bits per heavy atom. The predicted molar refractivity (Wildman–Crippen MR) is 75.6 cm³/mol. The Morgan fingerprint density at radius 1 is 1.21 bits per heavy atom. The Morgan fingerprint density at radius 2 is 1.79 bits per heavy atom. The molecule has 0 unspecified atom stereocenters. The van der Waals surface area contributed by atoms with Gasteiger partial charge >= 0.3 is 0 Å². The van der Waals surface area contributed by atoms with Crippen molar-refractivity contribution in [3.63, 3.8) is 0 Å². The summed E-state index contributed by atoms with van der Waals surface area (Å²) in [6.45, 7) is 5.77. The van der Waals surface area contributed by atoms with Crippen LogP contribution in [0.3, 0.4) is 0 Å². The molecule has 5 nitrogen and oxygen atoms in total. The number of methoxy groups -OCH3 is 2. The summed E-state index contributed by atoms with van der Waals surface area (Å²) in [5.41, 5.74) is 6.24. The largest absolute Gasteiger partial charge is 0.493 e. The number of carbonyl (C=O) groups is 1. The highest BCUT2D eigenvalue weighted by molar-refractivity contribution is 5.95. The summed E-state index contributed by atoms with van der Waals surface area (Å²) in [5, 5.41) is 2.77. The van der Waals surface area contributed by atoms with Gasteiger partial charge in [0.05, 0.1) is 20.3 Å². The fourth-order valence-electron chi connectivity index (χ4n) is 1.53. The number of rotatable bonds is 4. The van der Waals surface area contributed by atoms with Crippen molar-refractivity contribution in [2.45, 2.75) is 26.8 Å². The lowest BCUT2D eigenvalue weighted by atomic mass is 9.87. The molecule has 106 valence electrons. The lowest BCUT2D eigenvalue weighted by Crippen LogP contribution is -2.45. The average molecular weight is 266 g/mol. The molecule has 0 heterocycles. The second-order valence-electron chi connectivity index (χ2n) is 5.40. The van der Waals surface area contributed by atoms with Gasteiger partial charge < -0.3 is 20.5 Å². The molecule has 0 saturated carbocycles. The van der Waals surface area contributed by atoms with Gasteiger partial charge in [-0.25, -0.2) is 0 Å². The molecular formula is C14H22N2O3. The molecular weight excluding hydrogens is 244 g/mol. The summed E-state index contributed by atoms with van der Waals surface area (Å²) < 4.78 is 10.3. The first-order valence-corrected chi connectivity index (χ1v) is 6.08. The number of carbonyl (C=O) groups excluding carboxylic acids is 1. The van der Waals surface area contributed by atoms with Crippen LogP contribution in [0.2, 0.25) is 0 Å². The second kappa shape index (κ2) is 5.93. The average Bonchev–Trinajstić information content (AvgIpc) is 2.36. The minimum Gasteiger partial charge on any atom is -0.493 e. The summed E-state index contributed by atoms with van der Waals surface area (Å²) in [6.07, 6.45) is 0. The number of anilines is 1. The molecule has 1 rings (SSSR count). The molecule has 0 aliphatic heterocycles.